The van der Waals surface area contributed by atoms with E-state index in [1.165, 1.54) is 18.0 Å². The van der Waals surface area contributed by atoms with Crippen LogP contribution in [0.4, 0.5) is 0 Å². The normalized spacial score (nSPS) is 13.0. The summed E-state index contributed by atoms with van der Waals surface area (Å²) in [5, 5.41) is 13.3. The van der Waals surface area contributed by atoms with Crippen LogP contribution in [0.3, 0.4) is 0 Å². The predicted octanol–water partition coefficient (Wildman–Crippen LogP) is 0.921. The number of thioether (sulfide) groups is 1. The Balaban J connectivity index is 2.56. The van der Waals surface area contributed by atoms with Crippen molar-refractivity contribution in [3.63, 3.8) is 0 Å². The zero-order valence-electron chi connectivity index (χ0n) is 7.84. The van der Waals surface area contributed by atoms with Crippen molar-refractivity contribution in [2.75, 3.05) is 6.26 Å². The molecule has 0 aliphatic rings. The van der Waals surface area contributed by atoms with Gasteiger partial charge in [0.2, 0.25) is 0 Å². The molecule has 14 heavy (non-hydrogen) atoms. The zero-order valence-corrected chi connectivity index (χ0v) is 8.66. The summed E-state index contributed by atoms with van der Waals surface area (Å²) < 4.78 is 0. The van der Waals surface area contributed by atoms with Crippen LogP contribution < -0.4 is 11.2 Å². The van der Waals surface area contributed by atoms with Crippen LogP contribution in [0.1, 0.15) is 5.56 Å². The van der Waals surface area contributed by atoms with Crippen molar-refractivity contribution < 1.29 is 5.11 Å². The third-order valence-electron chi connectivity index (χ3n) is 1.60. The standard InChI is InChI=1S/C9H13N3OS/c1-14-9(10)12-11-6-7-4-2-3-5-8(7)13/h2-6,9,12-13H,10H2,1H3/b11-6+. The van der Waals surface area contributed by atoms with E-state index in [2.05, 4.69) is 10.5 Å². The molecule has 0 amide bonds. The fourth-order valence-corrected chi connectivity index (χ4v) is 0.996. The van der Waals surface area contributed by atoms with Crippen molar-refractivity contribution in [3.8, 4) is 5.75 Å². The number of benzene rings is 1. The summed E-state index contributed by atoms with van der Waals surface area (Å²) in [5.74, 6) is 0.204. The van der Waals surface area contributed by atoms with Crippen LogP contribution in [-0.4, -0.2) is 23.1 Å². The minimum atomic E-state index is -0.225. The monoisotopic (exact) mass is 211 g/mol. The molecule has 0 aromatic heterocycles. The molecule has 76 valence electrons. The van der Waals surface area contributed by atoms with E-state index >= 15 is 0 Å². The van der Waals surface area contributed by atoms with Crippen molar-refractivity contribution >= 4 is 18.0 Å². The van der Waals surface area contributed by atoms with E-state index in [1.807, 2.05) is 12.3 Å². The molecular weight excluding hydrogens is 198 g/mol. The Hall–Kier alpha value is -1.20. The molecule has 0 saturated heterocycles. The Morgan fingerprint density at radius 2 is 2.29 bits per heavy atom. The number of hydrazone groups is 1. The number of nitrogens with zero attached hydrogens (tertiary/aromatic N) is 1. The molecule has 0 heterocycles. The SMILES string of the molecule is CSC(N)N/N=C/c1ccccc1O. The Morgan fingerprint density at radius 3 is 2.93 bits per heavy atom. The van der Waals surface area contributed by atoms with Gasteiger partial charge in [0.1, 0.15) is 11.2 Å². The molecule has 1 unspecified atom stereocenters. The minimum Gasteiger partial charge on any atom is -0.507 e. The average Bonchev–Trinajstić information content (AvgIpc) is 2.20. The second kappa shape index (κ2) is 5.51. The first-order valence-corrected chi connectivity index (χ1v) is 5.38. The molecule has 0 saturated carbocycles. The quantitative estimate of drug-likeness (QED) is 0.393. The lowest BCUT2D eigenvalue weighted by Crippen LogP contribution is -2.29. The lowest BCUT2D eigenvalue weighted by molar-refractivity contribution is 0.474. The Bertz CT molecular complexity index is 317. The fraction of sp³-hybridized carbons (Fsp3) is 0.222. The second-order valence-electron chi connectivity index (χ2n) is 2.60. The Labute approximate surface area is 87.2 Å². The van der Waals surface area contributed by atoms with Crippen LogP contribution in [-0.2, 0) is 0 Å². The van der Waals surface area contributed by atoms with Gasteiger partial charge in [-0.1, -0.05) is 12.1 Å². The van der Waals surface area contributed by atoms with Gasteiger partial charge in [-0.2, -0.15) is 5.10 Å². The molecule has 1 aromatic rings. The van der Waals surface area contributed by atoms with Gasteiger partial charge in [0.05, 0.1) is 6.21 Å². The number of nitrogens with two attached hydrogens (primary N) is 1. The fourth-order valence-electron chi connectivity index (χ4n) is 0.830. The summed E-state index contributed by atoms with van der Waals surface area (Å²) in [6.45, 7) is 0. The van der Waals surface area contributed by atoms with E-state index in [0.717, 1.165) is 0 Å². The summed E-state index contributed by atoms with van der Waals surface area (Å²) in [4.78, 5) is 0. The Morgan fingerprint density at radius 1 is 1.57 bits per heavy atom. The van der Waals surface area contributed by atoms with Crippen molar-refractivity contribution in [1.29, 1.82) is 0 Å². The molecular formula is C9H13N3OS. The van der Waals surface area contributed by atoms with Gasteiger partial charge in [0.15, 0.2) is 0 Å². The van der Waals surface area contributed by atoms with E-state index in [0.29, 0.717) is 5.56 Å². The van der Waals surface area contributed by atoms with Gasteiger partial charge < -0.3 is 10.8 Å². The highest BCUT2D eigenvalue weighted by Gasteiger charge is 1.95. The smallest absolute Gasteiger partial charge is 0.138 e. The lowest BCUT2D eigenvalue weighted by Gasteiger charge is -2.06. The Kier molecular flexibility index (Phi) is 4.28. The molecule has 5 heteroatoms. The van der Waals surface area contributed by atoms with Gasteiger partial charge in [-0.05, 0) is 18.4 Å². The summed E-state index contributed by atoms with van der Waals surface area (Å²) in [5.41, 5.74) is 8.69. The number of aromatic hydroxyl groups is 1. The van der Waals surface area contributed by atoms with Crippen molar-refractivity contribution in [2.24, 2.45) is 10.8 Å². The number of hydrogen-bond donors (Lipinski definition) is 3. The molecule has 0 aliphatic heterocycles. The molecule has 4 nitrogen and oxygen atoms in total. The van der Waals surface area contributed by atoms with Gasteiger partial charge in [-0.3, -0.25) is 5.43 Å². The largest absolute Gasteiger partial charge is 0.507 e. The van der Waals surface area contributed by atoms with E-state index < -0.39 is 0 Å². The summed E-state index contributed by atoms with van der Waals surface area (Å²) in [6, 6.07) is 6.96. The highest BCUT2D eigenvalue weighted by Crippen LogP contribution is 2.12. The number of rotatable bonds is 4. The van der Waals surface area contributed by atoms with Gasteiger partial charge in [0.25, 0.3) is 0 Å². The van der Waals surface area contributed by atoms with Crippen molar-refractivity contribution in [3.05, 3.63) is 29.8 Å². The maximum Gasteiger partial charge on any atom is 0.138 e. The molecule has 0 spiro atoms. The number of para-hydroxylation sites is 1. The van der Waals surface area contributed by atoms with Gasteiger partial charge in [-0.15, -0.1) is 11.8 Å². The van der Waals surface area contributed by atoms with Crippen LogP contribution in [0.15, 0.2) is 29.4 Å². The van der Waals surface area contributed by atoms with Gasteiger partial charge in [0, 0.05) is 5.56 Å². The van der Waals surface area contributed by atoms with Crippen LogP contribution in [0.5, 0.6) is 5.75 Å². The summed E-state index contributed by atoms with van der Waals surface area (Å²) in [6.07, 6.45) is 3.42. The number of phenolic OH excluding ortho intramolecular Hbond substituents is 1. The predicted molar refractivity (Wildman–Crippen MR) is 60.3 cm³/mol. The molecule has 0 bridgehead atoms. The molecule has 0 radical (unpaired) electrons. The van der Waals surface area contributed by atoms with Crippen molar-refractivity contribution in [2.45, 2.75) is 5.50 Å². The highest BCUT2D eigenvalue weighted by atomic mass is 32.2. The third-order valence-corrected chi connectivity index (χ3v) is 2.21. The topological polar surface area (TPSA) is 70.6 Å². The molecule has 1 rings (SSSR count). The summed E-state index contributed by atoms with van der Waals surface area (Å²) >= 11 is 1.45. The van der Waals surface area contributed by atoms with Gasteiger partial charge in [-0.25, -0.2) is 0 Å². The maximum atomic E-state index is 9.38. The molecule has 0 fully saturated rings. The van der Waals surface area contributed by atoms with Crippen LogP contribution in [0, 0.1) is 0 Å². The average molecular weight is 211 g/mol. The number of hydrogen-bond acceptors (Lipinski definition) is 5. The molecule has 1 atom stereocenters. The number of phenols is 1. The first-order valence-electron chi connectivity index (χ1n) is 4.09. The highest BCUT2D eigenvalue weighted by molar-refractivity contribution is 7.99. The summed E-state index contributed by atoms with van der Waals surface area (Å²) in [7, 11) is 0. The first-order chi connectivity index (χ1) is 6.74. The first kappa shape index (κ1) is 10.9. The maximum absolute atomic E-state index is 9.38. The van der Waals surface area contributed by atoms with E-state index in [1.54, 1.807) is 18.2 Å². The van der Waals surface area contributed by atoms with E-state index in [4.69, 9.17) is 5.73 Å². The van der Waals surface area contributed by atoms with Crippen LogP contribution >= 0.6 is 11.8 Å². The molecule has 4 N–H and O–H groups in total. The van der Waals surface area contributed by atoms with Crippen molar-refractivity contribution in [1.82, 2.24) is 5.43 Å². The van der Waals surface area contributed by atoms with Crippen LogP contribution in [0.25, 0.3) is 0 Å². The minimum absolute atomic E-state index is 0.204. The lowest BCUT2D eigenvalue weighted by atomic mass is 10.2. The second-order valence-corrected chi connectivity index (χ2v) is 3.58. The van der Waals surface area contributed by atoms with Gasteiger partial charge >= 0.3 is 0 Å². The zero-order chi connectivity index (χ0) is 10.4. The van der Waals surface area contributed by atoms with E-state index in [-0.39, 0.29) is 11.2 Å². The van der Waals surface area contributed by atoms with E-state index in [9.17, 15) is 5.11 Å². The third kappa shape index (κ3) is 3.27. The molecule has 0 aliphatic carbocycles. The number of nitrogens with one attached hydrogen (secondary N) is 1. The van der Waals surface area contributed by atoms with Crippen LogP contribution in [0.2, 0.25) is 0 Å². The molecule has 1 aromatic carbocycles.